The van der Waals surface area contributed by atoms with Gasteiger partial charge in [-0.05, 0) is 35.4 Å². The van der Waals surface area contributed by atoms with Crippen LogP contribution in [-0.4, -0.2) is 26.6 Å². The van der Waals surface area contributed by atoms with E-state index in [9.17, 15) is 4.79 Å². The maximum atomic E-state index is 13.1. The molecule has 4 rings (SSSR count). The van der Waals surface area contributed by atoms with Crippen molar-refractivity contribution in [2.75, 3.05) is 7.11 Å². The Morgan fingerprint density at radius 2 is 1.86 bits per heavy atom. The van der Waals surface area contributed by atoms with Crippen LogP contribution in [0.4, 0.5) is 0 Å². The molecule has 8 heteroatoms. The van der Waals surface area contributed by atoms with Gasteiger partial charge in [-0.3, -0.25) is 9.36 Å². The van der Waals surface area contributed by atoms with Crippen molar-refractivity contribution in [3.05, 3.63) is 87.4 Å². The Morgan fingerprint density at radius 1 is 1.07 bits per heavy atom. The highest BCUT2D eigenvalue weighted by Crippen LogP contribution is 2.24. The lowest BCUT2D eigenvalue weighted by Gasteiger charge is -2.13. The smallest absolute Gasteiger partial charge is 0.282 e. The molecule has 2 heterocycles. The van der Waals surface area contributed by atoms with Gasteiger partial charge in [-0.25, -0.2) is 15.0 Å². The van der Waals surface area contributed by atoms with Gasteiger partial charge in [0.1, 0.15) is 5.75 Å². The highest BCUT2D eigenvalue weighted by atomic mass is 35.5. The number of halogens is 1. The summed E-state index contributed by atoms with van der Waals surface area (Å²) in [6.45, 7) is 0.371. The van der Waals surface area contributed by atoms with E-state index in [2.05, 4.69) is 15.0 Å². The summed E-state index contributed by atoms with van der Waals surface area (Å²) in [5.74, 6) is 1.43. The minimum absolute atomic E-state index is 0.216. The highest BCUT2D eigenvalue weighted by Gasteiger charge is 2.14. The third kappa shape index (κ3) is 4.41. The maximum absolute atomic E-state index is 13.1. The van der Waals surface area contributed by atoms with Crippen molar-refractivity contribution in [1.29, 1.82) is 0 Å². The fourth-order valence-electron chi connectivity index (χ4n) is 2.86. The van der Waals surface area contributed by atoms with E-state index in [1.54, 1.807) is 23.8 Å². The monoisotopic (exact) mass is 424 g/mol. The normalized spacial score (nSPS) is 11.0. The van der Waals surface area contributed by atoms with E-state index in [1.807, 2.05) is 36.4 Å². The van der Waals surface area contributed by atoms with Crippen molar-refractivity contribution in [2.24, 2.45) is 0 Å². The van der Waals surface area contributed by atoms with Crippen LogP contribution in [0.15, 0.2) is 70.9 Å². The first-order chi connectivity index (χ1) is 14.1. The average molecular weight is 425 g/mol. The van der Waals surface area contributed by atoms with Gasteiger partial charge in [0.2, 0.25) is 0 Å². The first kappa shape index (κ1) is 19.4. The van der Waals surface area contributed by atoms with E-state index in [1.165, 1.54) is 24.2 Å². The second kappa shape index (κ2) is 8.63. The molecule has 0 unspecified atom stereocenters. The third-order valence-corrected chi connectivity index (χ3v) is 5.61. The Bertz CT molecular complexity index is 1210. The molecule has 0 spiro atoms. The van der Waals surface area contributed by atoms with E-state index in [-0.39, 0.29) is 11.1 Å². The summed E-state index contributed by atoms with van der Waals surface area (Å²) in [4.78, 5) is 26.1. The molecule has 146 valence electrons. The number of ether oxygens (including phenoxy) is 1. The molecular weight excluding hydrogens is 408 g/mol. The lowest BCUT2D eigenvalue weighted by Crippen LogP contribution is -2.25. The minimum Gasteiger partial charge on any atom is -0.497 e. The van der Waals surface area contributed by atoms with Crippen LogP contribution in [0.2, 0.25) is 5.02 Å². The number of methoxy groups -OCH3 is 1. The van der Waals surface area contributed by atoms with Crippen LogP contribution in [0, 0.1) is 0 Å². The number of rotatable bonds is 6. The Balaban J connectivity index is 1.72. The molecule has 0 aliphatic carbocycles. The molecule has 0 saturated heterocycles. The number of hydrogen-bond acceptors (Lipinski definition) is 6. The van der Waals surface area contributed by atoms with Crippen LogP contribution < -0.4 is 10.3 Å². The summed E-state index contributed by atoms with van der Waals surface area (Å²) < 4.78 is 6.92. The van der Waals surface area contributed by atoms with Gasteiger partial charge in [0.25, 0.3) is 5.56 Å². The SMILES string of the molecule is COc1cccc(CSc2nc3nccnc3c(=O)n2Cc2ccc(Cl)cc2)c1. The quantitative estimate of drug-likeness (QED) is 0.341. The molecule has 0 N–H and O–H groups in total. The number of fused-ring (bicyclic) bond motifs is 1. The summed E-state index contributed by atoms with van der Waals surface area (Å²) in [7, 11) is 1.64. The lowest BCUT2D eigenvalue weighted by atomic mass is 10.2. The predicted octanol–water partition coefficient (Wildman–Crippen LogP) is 4.19. The molecule has 0 aliphatic heterocycles. The number of benzene rings is 2. The minimum atomic E-state index is -0.216. The van der Waals surface area contributed by atoms with Crippen molar-refractivity contribution in [1.82, 2.24) is 19.5 Å². The number of thioether (sulfide) groups is 1. The first-order valence-electron chi connectivity index (χ1n) is 8.86. The Morgan fingerprint density at radius 3 is 2.66 bits per heavy atom. The molecule has 6 nitrogen and oxygen atoms in total. The van der Waals surface area contributed by atoms with Gasteiger partial charge in [-0.1, -0.05) is 47.6 Å². The summed E-state index contributed by atoms with van der Waals surface area (Å²) in [5, 5.41) is 1.23. The van der Waals surface area contributed by atoms with Crippen LogP contribution in [0.5, 0.6) is 5.75 Å². The lowest BCUT2D eigenvalue weighted by molar-refractivity contribution is 0.414. The zero-order valence-electron chi connectivity index (χ0n) is 15.6. The summed E-state index contributed by atoms with van der Waals surface area (Å²) in [6, 6.07) is 15.2. The standard InChI is InChI=1S/C21H17ClN4O2S/c1-28-17-4-2-3-15(11-17)13-29-21-25-19-18(23-9-10-24-19)20(27)26(21)12-14-5-7-16(22)8-6-14/h2-11H,12-13H2,1H3. The molecule has 29 heavy (non-hydrogen) atoms. The Kier molecular flexibility index (Phi) is 5.78. The van der Waals surface area contributed by atoms with E-state index in [0.29, 0.717) is 28.1 Å². The van der Waals surface area contributed by atoms with Crippen molar-refractivity contribution in [2.45, 2.75) is 17.5 Å². The summed E-state index contributed by atoms with van der Waals surface area (Å²) in [5.41, 5.74) is 2.40. The molecule has 0 aliphatic rings. The van der Waals surface area contributed by atoms with Gasteiger partial charge in [-0.2, -0.15) is 0 Å². The van der Waals surface area contributed by atoms with Crippen molar-refractivity contribution >= 4 is 34.5 Å². The van der Waals surface area contributed by atoms with Crippen LogP contribution in [0.25, 0.3) is 11.2 Å². The number of nitrogens with zero attached hydrogens (tertiary/aromatic N) is 4. The third-order valence-electron chi connectivity index (χ3n) is 4.32. The second-order valence-corrected chi connectivity index (χ2v) is 7.66. The maximum Gasteiger partial charge on any atom is 0.282 e. The van der Waals surface area contributed by atoms with E-state index < -0.39 is 0 Å². The summed E-state index contributed by atoms with van der Waals surface area (Å²) >= 11 is 7.46. The van der Waals surface area contributed by atoms with Crippen LogP contribution >= 0.6 is 23.4 Å². The molecule has 0 amide bonds. The van der Waals surface area contributed by atoms with Gasteiger partial charge < -0.3 is 4.74 Å². The molecule has 0 radical (unpaired) electrons. The first-order valence-corrected chi connectivity index (χ1v) is 10.2. The summed E-state index contributed by atoms with van der Waals surface area (Å²) in [6.07, 6.45) is 3.04. The zero-order chi connectivity index (χ0) is 20.2. The van der Waals surface area contributed by atoms with E-state index in [4.69, 9.17) is 16.3 Å². The molecule has 0 bridgehead atoms. The predicted molar refractivity (Wildman–Crippen MR) is 115 cm³/mol. The van der Waals surface area contributed by atoms with Crippen molar-refractivity contribution in [3.8, 4) is 5.75 Å². The molecule has 4 aromatic rings. The average Bonchev–Trinajstić information content (AvgIpc) is 2.76. The van der Waals surface area contributed by atoms with Crippen LogP contribution in [0.3, 0.4) is 0 Å². The zero-order valence-corrected chi connectivity index (χ0v) is 17.2. The van der Waals surface area contributed by atoms with Gasteiger partial charge in [0.05, 0.1) is 13.7 Å². The van der Waals surface area contributed by atoms with Crippen molar-refractivity contribution < 1.29 is 4.74 Å². The van der Waals surface area contributed by atoms with Crippen LogP contribution in [-0.2, 0) is 12.3 Å². The second-order valence-electron chi connectivity index (χ2n) is 6.28. The van der Waals surface area contributed by atoms with Gasteiger partial charge in [-0.15, -0.1) is 0 Å². The highest BCUT2D eigenvalue weighted by molar-refractivity contribution is 7.98. The Hall–Kier alpha value is -2.90. The molecule has 0 saturated carbocycles. The van der Waals surface area contributed by atoms with Gasteiger partial charge in [0.15, 0.2) is 16.3 Å². The molecule has 2 aromatic heterocycles. The van der Waals surface area contributed by atoms with E-state index in [0.717, 1.165) is 16.9 Å². The van der Waals surface area contributed by atoms with Crippen LogP contribution in [0.1, 0.15) is 11.1 Å². The van der Waals surface area contributed by atoms with Crippen molar-refractivity contribution in [3.63, 3.8) is 0 Å². The number of aromatic nitrogens is 4. The van der Waals surface area contributed by atoms with Gasteiger partial charge in [0, 0.05) is 23.2 Å². The fourth-order valence-corrected chi connectivity index (χ4v) is 3.92. The number of hydrogen-bond donors (Lipinski definition) is 0. The molecular formula is C21H17ClN4O2S. The molecule has 2 aromatic carbocycles. The largest absolute Gasteiger partial charge is 0.497 e. The Labute approximate surface area is 176 Å². The van der Waals surface area contributed by atoms with Gasteiger partial charge >= 0.3 is 0 Å². The fraction of sp³-hybridized carbons (Fsp3) is 0.143. The topological polar surface area (TPSA) is 69.9 Å². The molecule has 0 atom stereocenters. The molecule has 0 fully saturated rings. The van der Waals surface area contributed by atoms with E-state index >= 15 is 0 Å².